The van der Waals surface area contributed by atoms with Crippen LogP contribution in [0.1, 0.15) is 17.1 Å². The molecule has 0 aromatic carbocycles. The van der Waals surface area contributed by atoms with E-state index in [0.29, 0.717) is 0 Å². The van der Waals surface area contributed by atoms with Gasteiger partial charge in [-0.3, -0.25) is 10.1 Å². The van der Waals surface area contributed by atoms with Crippen molar-refractivity contribution in [2.45, 2.75) is 31.1 Å². The lowest BCUT2D eigenvalue weighted by Crippen LogP contribution is -2.41. The van der Waals surface area contributed by atoms with Crippen LogP contribution in [-0.4, -0.2) is 41.3 Å². The number of halogens is 6. The minimum atomic E-state index is -4.54. The van der Waals surface area contributed by atoms with Gasteiger partial charge in [0, 0.05) is 18.8 Å². The molecular weight excluding hydrogens is 353 g/mol. The first-order valence-electron chi connectivity index (χ1n) is 5.96. The van der Waals surface area contributed by atoms with Crippen LogP contribution in [0.4, 0.5) is 22.0 Å². The van der Waals surface area contributed by atoms with Gasteiger partial charge in [-0.25, -0.2) is 13.8 Å². The van der Waals surface area contributed by atoms with Crippen molar-refractivity contribution >= 4 is 29.7 Å². The molecule has 0 aliphatic carbocycles. The van der Waals surface area contributed by atoms with Crippen LogP contribution in [0.25, 0.3) is 0 Å². The van der Waals surface area contributed by atoms with Crippen LogP contribution >= 0.6 is 23.7 Å². The molecule has 1 saturated heterocycles. The van der Waals surface area contributed by atoms with Crippen molar-refractivity contribution in [2.24, 2.45) is 0 Å². The quantitative estimate of drug-likeness (QED) is 0.837. The molecule has 0 spiro atoms. The predicted molar refractivity (Wildman–Crippen MR) is 72.2 cm³/mol. The van der Waals surface area contributed by atoms with E-state index in [9.17, 15) is 26.7 Å². The lowest BCUT2D eigenvalue weighted by atomic mass is 10.2. The normalized spacial score (nSPS) is 20.5. The van der Waals surface area contributed by atoms with E-state index in [1.165, 1.54) is 7.05 Å². The maximum Gasteiger partial charge on any atom is 0.434 e. The van der Waals surface area contributed by atoms with E-state index in [4.69, 9.17) is 0 Å². The van der Waals surface area contributed by atoms with E-state index in [0.717, 1.165) is 21.6 Å². The summed E-state index contributed by atoms with van der Waals surface area (Å²) in [5.74, 6) is -3.53. The summed E-state index contributed by atoms with van der Waals surface area (Å²) in [7, 11) is 1.34. The molecule has 126 valence electrons. The second kappa shape index (κ2) is 6.63. The Balaban J connectivity index is 0.00000242. The number of aromatic nitrogens is 1. The molecule has 1 aromatic heterocycles. The number of hydrogen-bond donors (Lipinski definition) is 1. The van der Waals surface area contributed by atoms with Gasteiger partial charge in [0.15, 0.2) is 5.69 Å². The van der Waals surface area contributed by atoms with E-state index < -0.39 is 42.7 Å². The number of thiazole rings is 1. The third-order valence-electron chi connectivity index (χ3n) is 3.00. The highest BCUT2D eigenvalue weighted by Crippen LogP contribution is 2.30. The van der Waals surface area contributed by atoms with Gasteiger partial charge in [0.2, 0.25) is 5.91 Å². The topological polar surface area (TPSA) is 45.2 Å². The fraction of sp³-hybridized carbons (Fsp3) is 0.636. The molecule has 2 rings (SSSR count). The maximum atomic E-state index is 13.0. The third kappa shape index (κ3) is 4.50. The van der Waals surface area contributed by atoms with Crippen LogP contribution in [0.3, 0.4) is 0 Å². The number of amides is 1. The summed E-state index contributed by atoms with van der Waals surface area (Å²) >= 11 is 0.771. The number of alkyl halides is 5. The molecule has 1 atom stereocenters. The lowest BCUT2D eigenvalue weighted by molar-refractivity contribution is -0.140. The van der Waals surface area contributed by atoms with Crippen LogP contribution in [0.2, 0.25) is 0 Å². The molecule has 1 aliphatic heterocycles. The first-order chi connectivity index (χ1) is 9.58. The minimum absolute atomic E-state index is 0. The number of rotatable bonds is 3. The van der Waals surface area contributed by atoms with Crippen molar-refractivity contribution in [3.05, 3.63) is 16.1 Å². The maximum absolute atomic E-state index is 13.0. The molecule has 1 unspecified atom stereocenters. The number of nitrogens with zero attached hydrogens (tertiary/aromatic N) is 2. The van der Waals surface area contributed by atoms with Crippen molar-refractivity contribution in [1.82, 2.24) is 15.2 Å². The molecule has 11 heteroatoms. The molecule has 1 amide bonds. The van der Waals surface area contributed by atoms with Crippen LogP contribution < -0.4 is 5.32 Å². The Hall–Kier alpha value is -1.00. The molecule has 1 aliphatic rings. The Morgan fingerprint density at radius 3 is 2.64 bits per heavy atom. The molecule has 1 aromatic rings. The number of nitrogens with one attached hydrogen (secondary N) is 1. The Bertz CT molecular complexity index is 536. The fourth-order valence-corrected chi connectivity index (χ4v) is 2.80. The summed E-state index contributed by atoms with van der Waals surface area (Å²) in [4.78, 5) is 16.4. The number of carbonyl (C=O) groups is 1. The van der Waals surface area contributed by atoms with Crippen molar-refractivity contribution < 1.29 is 26.7 Å². The highest BCUT2D eigenvalue weighted by molar-refractivity contribution is 7.09. The van der Waals surface area contributed by atoms with Crippen LogP contribution in [0, 0.1) is 0 Å². The van der Waals surface area contributed by atoms with Gasteiger partial charge in [-0.1, -0.05) is 0 Å². The average molecular weight is 366 g/mol. The Kier molecular flexibility index (Phi) is 5.74. The summed E-state index contributed by atoms with van der Waals surface area (Å²) < 4.78 is 63.2. The highest BCUT2D eigenvalue weighted by atomic mass is 35.5. The first kappa shape index (κ1) is 19.0. The minimum Gasteiger partial charge on any atom is -0.338 e. The standard InChI is InChI=1S/C11H12F5N3OS.ClH/c1-19(9(20)6-2-10(12,13)5-17-6)3-8-18-7(4-21-8)11(14,15)16;/h4,6,17H,2-3,5H2,1H3;1H. The molecule has 4 nitrogen and oxygen atoms in total. The monoisotopic (exact) mass is 365 g/mol. The summed E-state index contributed by atoms with van der Waals surface area (Å²) in [6.45, 7) is -0.726. The second-order valence-corrected chi connectivity index (χ2v) is 5.75. The summed E-state index contributed by atoms with van der Waals surface area (Å²) in [5.41, 5.74) is -1.02. The van der Waals surface area contributed by atoms with Gasteiger partial charge < -0.3 is 4.90 Å². The van der Waals surface area contributed by atoms with Gasteiger partial charge in [-0.2, -0.15) is 13.2 Å². The zero-order chi connectivity index (χ0) is 15.8. The van der Waals surface area contributed by atoms with E-state index >= 15 is 0 Å². The van der Waals surface area contributed by atoms with Crippen LogP contribution in [0.5, 0.6) is 0 Å². The second-order valence-electron chi connectivity index (χ2n) is 4.81. The Labute approximate surface area is 133 Å². The zero-order valence-electron chi connectivity index (χ0n) is 11.3. The largest absolute Gasteiger partial charge is 0.434 e. The van der Waals surface area contributed by atoms with E-state index in [1.54, 1.807) is 0 Å². The van der Waals surface area contributed by atoms with Gasteiger partial charge in [0.1, 0.15) is 5.01 Å². The Morgan fingerprint density at radius 2 is 2.18 bits per heavy atom. The molecule has 1 N–H and O–H groups in total. The SMILES string of the molecule is CN(Cc1nc(C(F)(F)F)cs1)C(=O)C1CC(F)(F)CN1.Cl. The van der Waals surface area contributed by atoms with Crippen molar-refractivity contribution in [3.63, 3.8) is 0 Å². The molecule has 1 fully saturated rings. The smallest absolute Gasteiger partial charge is 0.338 e. The first-order valence-corrected chi connectivity index (χ1v) is 6.84. The summed E-state index contributed by atoms with van der Waals surface area (Å²) in [5, 5.41) is 3.36. The van der Waals surface area contributed by atoms with Crippen molar-refractivity contribution in [2.75, 3.05) is 13.6 Å². The molecule has 0 bridgehead atoms. The number of likely N-dealkylation sites (N-methyl/N-ethyl adjacent to an activating group) is 1. The van der Waals surface area contributed by atoms with Gasteiger partial charge in [0.05, 0.1) is 19.1 Å². The van der Waals surface area contributed by atoms with Crippen molar-refractivity contribution in [1.29, 1.82) is 0 Å². The van der Waals surface area contributed by atoms with Crippen LogP contribution in [0.15, 0.2) is 5.38 Å². The van der Waals surface area contributed by atoms with Gasteiger partial charge in [-0.05, 0) is 0 Å². The van der Waals surface area contributed by atoms with E-state index in [2.05, 4.69) is 10.3 Å². The molecular formula is C11H13ClF5N3OS. The Morgan fingerprint density at radius 1 is 1.55 bits per heavy atom. The molecule has 2 heterocycles. The van der Waals surface area contributed by atoms with Gasteiger partial charge in [-0.15, -0.1) is 23.7 Å². The van der Waals surface area contributed by atoms with Gasteiger partial charge >= 0.3 is 6.18 Å². The summed E-state index contributed by atoms with van der Waals surface area (Å²) in [6.07, 6.45) is -5.14. The zero-order valence-corrected chi connectivity index (χ0v) is 12.9. The lowest BCUT2D eigenvalue weighted by Gasteiger charge is -2.19. The number of hydrogen-bond acceptors (Lipinski definition) is 4. The van der Waals surface area contributed by atoms with Gasteiger partial charge in [0.25, 0.3) is 5.92 Å². The van der Waals surface area contributed by atoms with Crippen molar-refractivity contribution in [3.8, 4) is 0 Å². The summed E-state index contributed by atoms with van der Waals surface area (Å²) in [6, 6.07) is -1.02. The van der Waals surface area contributed by atoms with Crippen LogP contribution in [-0.2, 0) is 17.5 Å². The molecule has 0 saturated carbocycles. The molecule has 22 heavy (non-hydrogen) atoms. The highest BCUT2D eigenvalue weighted by Gasteiger charge is 2.43. The molecule has 0 radical (unpaired) electrons. The van der Waals surface area contributed by atoms with E-state index in [-0.39, 0.29) is 24.0 Å². The average Bonchev–Trinajstić information content (AvgIpc) is 2.94. The van der Waals surface area contributed by atoms with E-state index in [1.807, 2.05) is 0 Å². The predicted octanol–water partition coefficient (Wildman–Crippen LogP) is 2.54. The third-order valence-corrected chi connectivity index (χ3v) is 3.83. The number of carbonyl (C=O) groups excluding carboxylic acids is 1. The fourth-order valence-electron chi connectivity index (χ4n) is 1.95.